The van der Waals surface area contributed by atoms with Gasteiger partial charge in [-0.05, 0) is 45.8 Å². The van der Waals surface area contributed by atoms with Crippen LogP contribution in [0.15, 0.2) is 34.8 Å². The summed E-state index contributed by atoms with van der Waals surface area (Å²) in [5, 5.41) is 10.4. The molecule has 21 heavy (non-hydrogen) atoms. The number of halogens is 3. The summed E-state index contributed by atoms with van der Waals surface area (Å²) in [4.78, 5) is 0. The maximum absolute atomic E-state index is 13.2. The summed E-state index contributed by atoms with van der Waals surface area (Å²) in [6.45, 7) is 0. The van der Waals surface area contributed by atoms with Crippen LogP contribution in [0.1, 0.15) is 17.2 Å². The first-order valence-electron chi connectivity index (χ1n) is 6.03. The highest BCUT2D eigenvalue weighted by Crippen LogP contribution is 2.41. The monoisotopic (exact) mass is 374 g/mol. The van der Waals surface area contributed by atoms with Crippen molar-refractivity contribution in [3.63, 3.8) is 0 Å². The summed E-state index contributed by atoms with van der Waals surface area (Å²) in [7, 11) is 3.03. The number of aliphatic hydroxyl groups excluding tert-OH is 1. The highest BCUT2D eigenvalue weighted by Gasteiger charge is 2.20. The third kappa shape index (κ3) is 3.15. The Labute approximate surface area is 135 Å². The number of benzene rings is 2. The second-order valence-electron chi connectivity index (χ2n) is 4.28. The van der Waals surface area contributed by atoms with Crippen molar-refractivity contribution in [2.24, 2.45) is 0 Å². The maximum atomic E-state index is 13.2. The van der Waals surface area contributed by atoms with Crippen LogP contribution >= 0.6 is 27.5 Å². The van der Waals surface area contributed by atoms with Crippen molar-refractivity contribution >= 4 is 27.5 Å². The second kappa shape index (κ2) is 6.64. The molecule has 6 heteroatoms. The van der Waals surface area contributed by atoms with E-state index in [1.54, 1.807) is 12.1 Å². The zero-order valence-electron chi connectivity index (χ0n) is 11.4. The Bertz CT molecular complexity index is 664. The molecular weight excluding hydrogens is 363 g/mol. The van der Waals surface area contributed by atoms with E-state index < -0.39 is 11.9 Å². The summed E-state index contributed by atoms with van der Waals surface area (Å²) in [6.07, 6.45) is -1.000. The van der Waals surface area contributed by atoms with E-state index >= 15 is 0 Å². The van der Waals surface area contributed by atoms with Crippen molar-refractivity contribution in [1.82, 2.24) is 0 Å². The van der Waals surface area contributed by atoms with E-state index in [2.05, 4.69) is 15.9 Å². The van der Waals surface area contributed by atoms with Crippen LogP contribution < -0.4 is 9.47 Å². The molecular formula is C15H13BrClFO3. The molecule has 0 saturated carbocycles. The summed E-state index contributed by atoms with van der Waals surface area (Å²) in [5.74, 6) is 0.498. The lowest BCUT2D eigenvalue weighted by Crippen LogP contribution is -2.04. The molecule has 1 unspecified atom stereocenters. The quantitative estimate of drug-likeness (QED) is 0.864. The first-order valence-corrected chi connectivity index (χ1v) is 7.20. The number of aliphatic hydroxyl groups is 1. The van der Waals surface area contributed by atoms with Crippen molar-refractivity contribution in [2.75, 3.05) is 14.2 Å². The van der Waals surface area contributed by atoms with E-state index in [1.165, 1.54) is 32.4 Å². The van der Waals surface area contributed by atoms with Crippen molar-refractivity contribution in [3.05, 3.63) is 56.8 Å². The van der Waals surface area contributed by atoms with Gasteiger partial charge in [0.15, 0.2) is 0 Å². The van der Waals surface area contributed by atoms with E-state index in [1.807, 2.05) is 0 Å². The maximum Gasteiger partial charge on any atom is 0.142 e. The van der Waals surface area contributed by atoms with Crippen molar-refractivity contribution in [1.29, 1.82) is 0 Å². The average Bonchev–Trinajstić information content (AvgIpc) is 2.49. The molecule has 3 nitrogen and oxygen atoms in total. The highest BCUT2D eigenvalue weighted by molar-refractivity contribution is 9.10. The van der Waals surface area contributed by atoms with Gasteiger partial charge in [0.2, 0.25) is 0 Å². The van der Waals surface area contributed by atoms with Gasteiger partial charge in [0, 0.05) is 5.56 Å². The van der Waals surface area contributed by atoms with Gasteiger partial charge in [-0.15, -0.1) is 0 Å². The summed E-state index contributed by atoms with van der Waals surface area (Å²) in [6, 6.07) is 7.47. The zero-order chi connectivity index (χ0) is 15.6. The SMILES string of the molecule is COc1ccc(C(O)c2ccc(F)c(Cl)c2)c(OC)c1Br. The van der Waals surface area contributed by atoms with E-state index in [0.717, 1.165) is 0 Å². The molecule has 0 fully saturated rings. The Morgan fingerprint density at radius 1 is 1.19 bits per heavy atom. The Morgan fingerprint density at radius 3 is 2.48 bits per heavy atom. The van der Waals surface area contributed by atoms with Crippen LogP contribution in [0.5, 0.6) is 11.5 Å². The van der Waals surface area contributed by atoms with Crippen LogP contribution in [0.2, 0.25) is 5.02 Å². The molecule has 0 saturated heterocycles. The van der Waals surface area contributed by atoms with Gasteiger partial charge in [-0.1, -0.05) is 17.7 Å². The molecule has 2 aromatic carbocycles. The van der Waals surface area contributed by atoms with Gasteiger partial charge in [-0.2, -0.15) is 0 Å². The zero-order valence-corrected chi connectivity index (χ0v) is 13.7. The van der Waals surface area contributed by atoms with Gasteiger partial charge >= 0.3 is 0 Å². The molecule has 112 valence electrons. The van der Waals surface area contributed by atoms with Gasteiger partial charge in [0.05, 0.1) is 19.2 Å². The highest BCUT2D eigenvalue weighted by atomic mass is 79.9. The third-order valence-electron chi connectivity index (χ3n) is 3.07. The molecule has 0 aliphatic carbocycles. The largest absolute Gasteiger partial charge is 0.495 e. The topological polar surface area (TPSA) is 38.7 Å². The molecule has 1 N–H and O–H groups in total. The van der Waals surface area contributed by atoms with E-state index in [9.17, 15) is 9.50 Å². The number of hydrogen-bond donors (Lipinski definition) is 1. The lowest BCUT2D eigenvalue weighted by Gasteiger charge is -2.18. The first kappa shape index (κ1) is 16.1. The van der Waals surface area contributed by atoms with Gasteiger partial charge in [-0.3, -0.25) is 0 Å². The van der Waals surface area contributed by atoms with Gasteiger partial charge < -0.3 is 14.6 Å². The molecule has 2 rings (SSSR count). The third-order valence-corrected chi connectivity index (χ3v) is 4.11. The molecule has 0 aliphatic heterocycles. The van der Waals surface area contributed by atoms with Crippen molar-refractivity contribution < 1.29 is 19.0 Å². The lowest BCUT2D eigenvalue weighted by atomic mass is 10.0. The van der Waals surface area contributed by atoms with E-state index in [-0.39, 0.29) is 5.02 Å². The first-order chi connectivity index (χ1) is 9.99. The minimum atomic E-state index is -1.000. The van der Waals surface area contributed by atoms with Crippen LogP contribution in [0.4, 0.5) is 4.39 Å². The van der Waals surface area contributed by atoms with Crippen LogP contribution in [-0.4, -0.2) is 19.3 Å². The molecule has 0 spiro atoms. The number of rotatable bonds is 4. The Kier molecular flexibility index (Phi) is 5.08. The predicted molar refractivity (Wildman–Crippen MR) is 82.7 cm³/mol. The molecule has 0 bridgehead atoms. The molecule has 2 aromatic rings. The fourth-order valence-corrected chi connectivity index (χ4v) is 2.87. The minimum absolute atomic E-state index is 0.0434. The number of methoxy groups -OCH3 is 2. The van der Waals surface area contributed by atoms with Gasteiger partial charge in [0.25, 0.3) is 0 Å². The van der Waals surface area contributed by atoms with Crippen LogP contribution in [0.3, 0.4) is 0 Å². The summed E-state index contributed by atoms with van der Waals surface area (Å²) in [5.41, 5.74) is 0.990. The molecule has 0 amide bonds. The minimum Gasteiger partial charge on any atom is -0.495 e. The van der Waals surface area contributed by atoms with Gasteiger partial charge in [0.1, 0.15) is 27.9 Å². The van der Waals surface area contributed by atoms with Gasteiger partial charge in [-0.25, -0.2) is 4.39 Å². The normalized spacial score (nSPS) is 12.1. The Morgan fingerprint density at radius 2 is 1.90 bits per heavy atom. The molecule has 1 atom stereocenters. The Hall–Kier alpha value is -1.30. The molecule has 0 heterocycles. The van der Waals surface area contributed by atoms with Crippen molar-refractivity contribution in [2.45, 2.75) is 6.10 Å². The molecule has 0 radical (unpaired) electrons. The van der Waals surface area contributed by atoms with E-state index in [0.29, 0.717) is 27.1 Å². The number of hydrogen-bond acceptors (Lipinski definition) is 3. The predicted octanol–water partition coefficient (Wildman–Crippen LogP) is 4.34. The molecule has 0 aromatic heterocycles. The van der Waals surface area contributed by atoms with Crippen molar-refractivity contribution in [3.8, 4) is 11.5 Å². The molecule has 0 aliphatic rings. The van der Waals surface area contributed by atoms with E-state index in [4.69, 9.17) is 21.1 Å². The fraction of sp³-hybridized carbons (Fsp3) is 0.200. The average molecular weight is 376 g/mol. The smallest absolute Gasteiger partial charge is 0.142 e. The van der Waals surface area contributed by atoms with Crippen LogP contribution in [0, 0.1) is 5.82 Å². The standard InChI is InChI=1S/C15H13BrClFO3/c1-20-12-6-4-9(15(21-2)13(12)16)14(19)8-3-5-11(18)10(17)7-8/h3-7,14,19H,1-2H3. The Balaban J connectivity index is 2.50. The van der Waals surface area contributed by atoms with Crippen LogP contribution in [0.25, 0.3) is 0 Å². The summed E-state index contributed by atoms with van der Waals surface area (Å²) >= 11 is 9.12. The lowest BCUT2D eigenvalue weighted by molar-refractivity contribution is 0.214. The van der Waals surface area contributed by atoms with Crippen LogP contribution in [-0.2, 0) is 0 Å². The number of ether oxygens (including phenoxy) is 2. The summed E-state index contributed by atoms with van der Waals surface area (Å²) < 4.78 is 24.3. The fourth-order valence-electron chi connectivity index (χ4n) is 2.00. The second-order valence-corrected chi connectivity index (χ2v) is 5.48.